The van der Waals surface area contributed by atoms with E-state index in [9.17, 15) is 0 Å². The summed E-state index contributed by atoms with van der Waals surface area (Å²) in [5.41, 5.74) is 2.37. The molecule has 1 fully saturated rings. The van der Waals surface area contributed by atoms with Crippen molar-refractivity contribution in [3.63, 3.8) is 0 Å². The van der Waals surface area contributed by atoms with Crippen LogP contribution in [0, 0.1) is 6.92 Å². The Morgan fingerprint density at radius 2 is 2.07 bits per heavy atom. The first kappa shape index (κ1) is 9.94. The van der Waals surface area contributed by atoms with Gasteiger partial charge in [-0.15, -0.1) is 0 Å². The van der Waals surface area contributed by atoms with Gasteiger partial charge in [-0.2, -0.15) is 0 Å². The summed E-state index contributed by atoms with van der Waals surface area (Å²) in [6.07, 6.45) is 2.42. The summed E-state index contributed by atoms with van der Waals surface area (Å²) in [6.45, 7) is 4.23. The lowest BCUT2D eigenvalue weighted by molar-refractivity contribution is 0.460. The Balaban J connectivity index is 2.21. The van der Waals surface area contributed by atoms with Crippen LogP contribution in [0.2, 0.25) is 5.15 Å². The molecule has 2 nitrogen and oxygen atoms in total. The number of nitrogens with zero attached hydrogens (tertiary/aromatic N) is 1. The summed E-state index contributed by atoms with van der Waals surface area (Å²) in [6, 6.07) is 4.16. The van der Waals surface area contributed by atoms with E-state index in [1.54, 1.807) is 0 Å². The molecule has 0 aromatic carbocycles. The molecule has 76 valence electrons. The minimum Gasteiger partial charge on any atom is -0.317 e. The average Bonchev–Trinajstić information content (AvgIpc) is 2.18. The monoisotopic (exact) mass is 210 g/mol. The van der Waals surface area contributed by atoms with E-state index in [4.69, 9.17) is 11.6 Å². The van der Waals surface area contributed by atoms with E-state index in [0.29, 0.717) is 11.1 Å². The minimum absolute atomic E-state index is 0.624. The summed E-state index contributed by atoms with van der Waals surface area (Å²) < 4.78 is 0. The molecule has 0 unspecified atom stereocenters. The Morgan fingerprint density at radius 1 is 1.36 bits per heavy atom. The zero-order chi connectivity index (χ0) is 9.97. The second-order valence-corrected chi connectivity index (χ2v) is 4.28. The van der Waals surface area contributed by atoms with Gasteiger partial charge in [-0.3, -0.25) is 0 Å². The summed E-state index contributed by atoms with van der Waals surface area (Å²) in [5, 5.41) is 3.99. The lowest BCUT2D eigenvalue weighted by atomic mass is 9.90. The Bertz CT molecular complexity index is 299. The number of aryl methyl sites for hydroxylation is 1. The normalized spacial score (nSPS) is 18.4. The van der Waals surface area contributed by atoms with Crippen molar-refractivity contribution in [3.05, 3.63) is 28.5 Å². The topological polar surface area (TPSA) is 24.9 Å². The molecule has 2 heterocycles. The Hall–Kier alpha value is -0.600. The van der Waals surface area contributed by atoms with Crippen LogP contribution in [0.4, 0.5) is 0 Å². The van der Waals surface area contributed by atoms with Crippen LogP contribution < -0.4 is 5.32 Å². The largest absolute Gasteiger partial charge is 0.317 e. The van der Waals surface area contributed by atoms with Crippen LogP contribution in [-0.2, 0) is 0 Å². The SMILES string of the molecule is Cc1cc(C2CCNCC2)cc(Cl)n1. The number of pyridine rings is 1. The van der Waals surface area contributed by atoms with Gasteiger partial charge < -0.3 is 5.32 Å². The summed E-state index contributed by atoms with van der Waals surface area (Å²) >= 11 is 5.94. The maximum Gasteiger partial charge on any atom is 0.129 e. The fourth-order valence-corrected chi connectivity index (χ4v) is 2.30. The Kier molecular flexibility index (Phi) is 3.04. The van der Waals surface area contributed by atoms with E-state index in [-0.39, 0.29) is 0 Å². The molecule has 0 amide bonds. The number of aromatic nitrogens is 1. The lowest BCUT2D eigenvalue weighted by Gasteiger charge is -2.23. The zero-order valence-electron chi connectivity index (χ0n) is 8.39. The predicted octanol–water partition coefficient (Wildman–Crippen LogP) is 2.51. The third-order valence-electron chi connectivity index (χ3n) is 2.76. The van der Waals surface area contributed by atoms with Crippen LogP contribution in [-0.4, -0.2) is 18.1 Å². The second-order valence-electron chi connectivity index (χ2n) is 3.89. The van der Waals surface area contributed by atoms with E-state index >= 15 is 0 Å². The third-order valence-corrected chi connectivity index (χ3v) is 2.95. The van der Waals surface area contributed by atoms with Gasteiger partial charge in [-0.1, -0.05) is 11.6 Å². The molecule has 1 aromatic rings. The molecule has 2 rings (SSSR count). The molecule has 1 aliphatic rings. The maximum atomic E-state index is 5.94. The van der Waals surface area contributed by atoms with Gasteiger partial charge >= 0.3 is 0 Å². The van der Waals surface area contributed by atoms with Crippen LogP contribution in [0.3, 0.4) is 0 Å². The Labute approximate surface area is 89.7 Å². The van der Waals surface area contributed by atoms with Crippen molar-refractivity contribution in [3.8, 4) is 0 Å². The predicted molar refractivity (Wildman–Crippen MR) is 58.8 cm³/mol. The van der Waals surface area contributed by atoms with Crippen molar-refractivity contribution in [1.82, 2.24) is 10.3 Å². The van der Waals surface area contributed by atoms with Gasteiger partial charge in [0.25, 0.3) is 0 Å². The van der Waals surface area contributed by atoms with Crippen molar-refractivity contribution in [2.45, 2.75) is 25.7 Å². The van der Waals surface area contributed by atoms with E-state index < -0.39 is 0 Å². The van der Waals surface area contributed by atoms with Crippen molar-refractivity contribution in [1.29, 1.82) is 0 Å². The quantitative estimate of drug-likeness (QED) is 0.721. The molecule has 1 N–H and O–H groups in total. The average molecular weight is 211 g/mol. The van der Waals surface area contributed by atoms with Crippen molar-refractivity contribution >= 4 is 11.6 Å². The first-order valence-electron chi connectivity index (χ1n) is 5.10. The van der Waals surface area contributed by atoms with Crippen molar-refractivity contribution < 1.29 is 0 Å². The van der Waals surface area contributed by atoms with Crippen LogP contribution in [0.5, 0.6) is 0 Å². The minimum atomic E-state index is 0.624. The van der Waals surface area contributed by atoms with Gasteiger partial charge in [-0.25, -0.2) is 4.98 Å². The van der Waals surface area contributed by atoms with Gasteiger partial charge in [0.1, 0.15) is 5.15 Å². The van der Waals surface area contributed by atoms with E-state index in [2.05, 4.69) is 16.4 Å². The van der Waals surface area contributed by atoms with Gasteiger partial charge in [-0.05, 0) is 56.5 Å². The molecule has 3 heteroatoms. The molecule has 0 atom stereocenters. The van der Waals surface area contributed by atoms with E-state index in [0.717, 1.165) is 18.8 Å². The smallest absolute Gasteiger partial charge is 0.129 e. The van der Waals surface area contributed by atoms with E-state index in [1.165, 1.54) is 18.4 Å². The van der Waals surface area contributed by atoms with Gasteiger partial charge in [0.2, 0.25) is 0 Å². The number of rotatable bonds is 1. The zero-order valence-corrected chi connectivity index (χ0v) is 9.14. The third kappa shape index (κ3) is 2.25. The summed E-state index contributed by atoms with van der Waals surface area (Å²) in [7, 11) is 0. The van der Waals surface area contributed by atoms with Crippen LogP contribution in [0.1, 0.15) is 30.0 Å². The number of halogens is 1. The highest BCUT2D eigenvalue weighted by Crippen LogP contribution is 2.26. The van der Waals surface area contributed by atoms with Crippen LogP contribution in [0.25, 0.3) is 0 Å². The maximum absolute atomic E-state index is 5.94. The number of hydrogen-bond donors (Lipinski definition) is 1. The molecular formula is C11H15ClN2. The molecule has 0 radical (unpaired) electrons. The molecule has 0 saturated carbocycles. The van der Waals surface area contributed by atoms with Gasteiger partial charge in [0.15, 0.2) is 0 Å². The van der Waals surface area contributed by atoms with E-state index in [1.807, 2.05) is 13.0 Å². The van der Waals surface area contributed by atoms with Crippen LogP contribution in [0.15, 0.2) is 12.1 Å². The molecule has 1 aliphatic heterocycles. The second kappa shape index (κ2) is 4.28. The standard InChI is InChI=1S/C11H15ClN2/c1-8-6-10(7-11(12)14-8)9-2-4-13-5-3-9/h6-7,9,13H,2-5H2,1H3. The molecule has 0 aliphatic carbocycles. The first-order chi connectivity index (χ1) is 6.75. The molecule has 1 aromatic heterocycles. The van der Waals surface area contributed by atoms with Gasteiger partial charge in [0, 0.05) is 5.69 Å². The molecular weight excluding hydrogens is 196 g/mol. The molecule has 0 bridgehead atoms. The summed E-state index contributed by atoms with van der Waals surface area (Å²) in [5.74, 6) is 0.662. The van der Waals surface area contributed by atoms with Crippen molar-refractivity contribution in [2.24, 2.45) is 0 Å². The first-order valence-corrected chi connectivity index (χ1v) is 5.48. The highest BCUT2D eigenvalue weighted by molar-refractivity contribution is 6.29. The van der Waals surface area contributed by atoms with Gasteiger partial charge in [0.05, 0.1) is 0 Å². The fraction of sp³-hybridized carbons (Fsp3) is 0.545. The van der Waals surface area contributed by atoms with Crippen LogP contribution >= 0.6 is 11.6 Å². The number of hydrogen-bond acceptors (Lipinski definition) is 2. The molecule has 14 heavy (non-hydrogen) atoms. The fourth-order valence-electron chi connectivity index (χ4n) is 2.04. The van der Waals surface area contributed by atoms with Crippen molar-refractivity contribution in [2.75, 3.05) is 13.1 Å². The lowest BCUT2D eigenvalue weighted by Crippen LogP contribution is -2.26. The Morgan fingerprint density at radius 3 is 2.71 bits per heavy atom. The summed E-state index contributed by atoms with van der Waals surface area (Å²) in [4.78, 5) is 4.18. The highest BCUT2D eigenvalue weighted by atomic mass is 35.5. The number of piperidine rings is 1. The highest BCUT2D eigenvalue weighted by Gasteiger charge is 2.15. The molecule has 0 spiro atoms. The molecule has 1 saturated heterocycles. The number of nitrogens with one attached hydrogen (secondary N) is 1.